The van der Waals surface area contributed by atoms with E-state index in [4.69, 9.17) is 9.15 Å². The molecule has 0 fully saturated rings. The van der Waals surface area contributed by atoms with Crippen LogP contribution in [0, 0.1) is 12.7 Å². The first-order chi connectivity index (χ1) is 13.8. The molecule has 9 heteroatoms. The van der Waals surface area contributed by atoms with E-state index in [1.165, 1.54) is 31.3 Å². The topological polar surface area (TPSA) is 94.6 Å². The quantitative estimate of drug-likeness (QED) is 0.588. The number of aromatic nitrogens is 2. The van der Waals surface area contributed by atoms with Gasteiger partial charge in [-0.25, -0.2) is 14.2 Å². The van der Waals surface area contributed by atoms with Crippen molar-refractivity contribution in [2.24, 2.45) is 0 Å². The predicted octanol–water partition coefficient (Wildman–Crippen LogP) is 2.27. The summed E-state index contributed by atoms with van der Waals surface area (Å²) in [5.41, 5.74) is -0.235. The number of hydrogen-bond acceptors (Lipinski definition) is 6. The van der Waals surface area contributed by atoms with Crippen LogP contribution in [-0.4, -0.2) is 40.0 Å². The number of fused-ring (bicyclic) bond motifs is 1. The Balaban J connectivity index is 1.88. The Morgan fingerprint density at radius 2 is 2.03 bits per heavy atom. The molecule has 152 valence electrons. The van der Waals surface area contributed by atoms with Crippen LogP contribution in [0.2, 0.25) is 0 Å². The van der Waals surface area contributed by atoms with Gasteiger partial charge in [-0.05, 0) is 19.9 Å². The molecule has 0 unspecified atom stereocenters. The molecule has 29 heavy (non-hydrogen) atoms. The summed E-state index contributed by atoms with van der Waals surface area (Å²) in [6.45, 7) is 3.05. The molecule has 3 rings (SSSR count). The van der Waals surface area contributed by atoms with Crippen LogP contribution in [0.3, 0.4) is 0 Å². The van der Waals surface area contributed by atoms with Crippen molar-refractivity contribution in [1.82, 2.24) is 14.5 Å². The maximum Gasteiger partial charge on any atom is 0.342 e. The molecule has 0 saturated heterocycles. The van der Waals surface area contributed by atoms with E-state index in [0.717, 1.165) is 4.57 Å². The minimum atomic E-state index is -0.691. The number of esters is 1. The van der Waals surface area contributed by atoms with Crippen LogP contribution in [0.4, 0.5) is 4.39 Å². The van der Waals surface area contributed by atoms with Crippen LogP contribution >= 0.6 is 0 Å². The normalized spacial score (nSPS) is 10.9. The van der Waals surface area contributed by atoms with Crippen molar-refractivity contribution in [3.8, 4) is 0 Å². The number of likely N-dealkylation sites (N-methyl/N-ethyl adjacent to an activating group) is 1. The largest absolute Gasteiger partial charge is 0.462 e. The lowest BCUT2D eigenvalue weighted by molar-refractivity contribution is -0.131. The molecular weight excluding hydrogens is 381 g/mol. The van der Waals surface area contributed by atoms with Gasteiger partial charge in [0.15, 0.2) is 0 Å². The second-order valence-corrected chi connectivity index (χ2v) is 6.45. The van der Waals surface area contributed by atoms with Gasteiger partial charge in [-0.3, -0.25) is 14.2 Å². The van der Waals surface area contributed by atoms with E-state index in [2.05, 4.69) is 4.98 Å². The average Bonchev–Trinajstić information content (AvgIpc) is 3.02. The van der Waals surface area contributed by atoms with Crippen molar-refractivity contribution >= 4 is 23.0 Å². The summed E-state index contributed by atoms with van der Waals surface area (Å²) in [5, 5.41) is -0.0343. The van der Waals surface area contributed by atoms with Crippen LogP contribution < -0.4 is 5.56 Å². The van der Waals surface area contributed by atoms with Crippen LogP contribution in [0.25, 0.3) is 11.1 Å². The number of furan rings is 1. The molecule has 0 aliphatic carbocycles. The van der Waals surface area contributed by atoms with E-state index < -0.39 is 23.3 Å². The molecule has 3 aromatic rings. The summed E-state index contributed by atoms with van der Waals surface area (Å²) >= 11 is 0. The van der Waals surface area contributed by atoms with Crippen molar-refractivity contribution in [1.29, 1.82) is 0 Å². The number of aryl methyl sites for hydroxylation is 1. The maximum atomic E-state index is 13.8. The Labute approximate surface area is 165 Å². The number of carbonyl (C=O) groups is 2. The van der Waals surface area contributed by atoms with Gasteiger partial charge in [-0.2, -0.15) is 0 Å². The molecule has 0 saturated carbocycles. The minimum Gasteiger partial charge on any atom is -0.462 e. The van der Waals surface area contributed by atoms with Crippen LogP contribution in [0.15, 0.2) is 39.8 Å². The molecule has 0 atom stereocenters. The molecule has 2 heterocycles. The fourth-order valence-electron chi connectivity index (χ4n) is 2.94. The number of nitrogens with zero attached hydrogens (tertiary/aromatic N) is 3. The molecule has 0 aliphatic rings. The van der Waals surface area contributed by atoms with E-state index >= 15 is 0 Å². The number of benzene rings is 1. The third kappa shape index (κ3) is 4.03. The number of carbonyl (C=O) groups excluding carboxylic acids is 2. The van der Waals surface area contributed by atoms with Gasteiger partial charge in [-0.1, -0.05) is 18.2 Å². The highest BCUT2D eigenvalue weighted by Gasteiger charge is 2.24. The molecular formula is C20H20FN3O5. The summed E-state index contributed by atoms with van der Waals surface area (Å²) in [6.07, 6.45) is 1.18. The predicted molar refractivity (Wildman–Crippen MR) is 102 cm³/mol. The Bertz CT molecular complexity index is 1130. The van der Waals surface area contributed by atoms with Crippen molar-refractivity contribution in [2.45, 2.75) is 26.9 Å². The summed E-state index contributed by atoms with van der Waals surface area (Å²) < 4.78 is 25.3. The third-order valence-electron chi connectivity index (χ3n) is 4.43. The molecule has 0 radical (unpaired) electrons. The van der Waals surface area contributed by atoms with Crippen LogP contribution in [-0.2, 0) is 22.6 Å². The first-order valence-corrected chi connectivity index (χ1v) is 8.96. The zero-order valence-electron chi connectivity index (χ0n) is 16.3. The standard InChI is InChI=1S/C20H20FN3O5/c1-4-28-20(27)16-12(2)29-18-17(16)19(26)24(11-22-18)10-15(25)23(3)9-13-7-5-6-8-14(13)21/h5-8,11H,4,9-10H2,1-3H3. The fraction of sp³-hybridized carbons (Fsp3) is 0.300. The van der Waals surface area contributed by atoms with Gasteiger partial charge in [0.25, 0.3) is 5.56 Å². The molecule has 0 bridgehead atoms. The Kier molecular flexibility index (Phi) is 5.76. The van der Waals surface area contributed by atoms with Gasteiger partial charge in [0.05, 0.1) is 6.61 Å². The van der Waals surface area contributed by atoms with E-state index in [9.17, 15) is 18.8 Å². The Hall–Kier alpha value is -3.49. The smallest absolute Gasteiger partial charge is 0.342 e. The van der Waals surface area contributed by atoms with Gasteiger partial charge in [0, 0.05) is 19.2 Å². The van der Waals surface area contributed by atoms with Crippen LogP contribution in [0.1, 0.15) is 28.6 Å². The lowest BCUT2D eigenvalue weighted by Crippen LogP contribution is -2.34. The summed E-state index contributed by atoms with van der Waals surface area (Å²) in [5.74, 6) is -1.32. The van der Waals surface area contributed by atoms with Crippen molar-refractivity contribution < 1.29 is 23.1 Å². The van der Waals surface area contributed by atoms with Crippen molar-refractivity contribution in [3.63, 3.8) is 0 Å². The number of ether oxygens (including phenoxy) is 1. The monoisotopic (exact) mass is 401 g/mol. The molecule has 0 spiro atoms. The van der Waals surface area contributed by atoms with E-state index in [-0.39, 0.29) is 42.1 Å². The third-order valence-corrected chi connectivity index (χ3v) is 4.43. The Morgan fingerprint density at radius 1 is 1.31 bits per heavy atom. The fourth-order valence-corrected chi connectivity index (χ4v) is 2.94. The van der Waals surface area contributed by atoms with Gasteiger partial charge < -0.3 is 14.1 Å². The van der Waals surface area contributed by atoms with E-state index in [0.29, 0.717) is 5.56 Å². The molecule has 8 nitrogen and oxygen atoms in total. The van der Waals surface area contributed by atoms with Crippen molar-refractivity contribution in [3.05, 3.63) is 63.7 Å². The van der Waals surface area contributed by atoms with E-state index in [1.54, 1.807) is 25.1 Å². The molecule has 0 N–H and O–H groups in total. The number of halogens is 1. The highest BCUT2D eigenvalue weighted by Crippen LogP contribution is 2.21. The molecule has 1 aromatic carbocycles. The number of amides is 1. The minimum absolute atomic E-state index is 0.000796. The number of hydrogen-bond donors (Lipinski definition) is 0. The van der Waals surface area contributed by atoms with Crippen molar-refractivity contribution in [2.75, 3.05) is 13.7 Å². The summed E-state index contributed by atoms with van der Waals surface area (Å²) in [6, 6.07) is 6.14. The first-order valence-electron chi connectivity index (χ1n) is 8.96. The second kappa shape index (κ2) is 8.26. The van der Waals surface area contributed by atoms with Gasteiger partial charge in [-0.15, -0.1) is 0 Å². The summed E-state index contributed by atoms with van der Waals surface area (Å²) in [4.78, 5) is 43.0. The highest BCUT2D eigenvalue weighted by atomic mass is 19.1. The van der Waals surface area contributed by atoms with Gasteiger partial charge in [0.2, 0.25) is 11.6 Å². The Morgan fingerprint density at radius 3 is 2.72 bits per heavy atom. The van der Waals surface area contributed by atoms with Crippen LogP contribution in [0.5, 0.6) is 0 Å². The lowest BCUT2D eigenvalue weighted by Gasteiger charge is -2.18. The summed E-state index contributed by atoms with van der Waals surface area (Å²) in [7, 11) is 1.51. The number of rotatable bonds is 6. The molecule has 1 amide bonds. The lowest BCUT2D eigenvalue weighted by atomic mass is 10.2. The first kappa shape index (κ1) is 20.2. The average molecular weight is 401 g/mol. The second-order valence-electron chi connectivity index (χ2n) is 6.45. The van der Waals surface area contributed by atoms with Gasteiger partial charge >= 0.3 is 5.97 Å². The van der Waals surface area contributed by atoms with Gasteiger partial charge in [0.1, 0.15) is 35.4 Å². The zero-order chi connectivity index (χ0) is 21.1. The zero-order valence-corrected chi connectivity index (χ0v) is 16.3. The SMILES string of the molecule is CCOC(=O)c1c(C)oc2ncn(CC(=O)N(C)Cc3ccccc3F)c(=O)c12. The molecule has 0 aliphatic heterocycles. The maximum absolute atomic E-state index is 13.8. The van der Waals surface area contributed by atoms with E-state index in [1.807, 2.05) is 0 Å². The highest BCUT2D eigenvalue weighted by molar-refractivity contribution is 6.03. The molecule has 2 aromatic heterocycles.